The van der Waals surface area contributed by atoms with E-state index in [1.807, 2.05) is 50.2 Å². The summed E-state index contributed by atoms with van der Waals surface area (Å²) in [5, 5.41) is 10.1. The average Bonchev–Trinajstić information content (AvgIpc) is 3.17. The number of anilines is 1. The van der Waals surface area contributed by atoms with Gasteiger partial charge in [0.1, 0.15) is 12.4 Å². The van der Waals surface area contributed by atoms with E-state index in [2.05, 4.69) is 20.2 Å². The summed E-state index contributed by atoms with van der Waals surface area (Å²) in [5.74, 6) is 0.309. The van der Waals surface area contributed by atoms with E-state index in [0.29, 0.717) is 11.3 Å². The molecule has 0 fully saturated rings. The van der Waals surface area contributed by atoms with Crippen LogP contribution in [0.5, 0.6) is 5.75 Å². The third-order valence-corrected chi connectivity index (χ3v) is 6.91. The van der Waals surface area contributed by atoms with Crippen LogP contribution in [0.25, 0.3) is 0 Å². The van der Waals surface area contributed by atoms with Crippen molar-refractivity contribution in [2.45, 2.75) is 31.2 Å². The molecule has 10 heteroatoms. The first kappa shape index (κ1) is 21.9. The van der Waals surface area contributed by atoms with Gasteiger partial charge in [0.15, 0.2) is 0 Å². The largest absolute Gasteiger partial charge is 0.492 e. The number of rotatable bonds is 8. The van der Waals surface area contributed by atoms with E-state index in [1.165, 1.54) is 0 Å². The molecule has 1 amide bonds. The Hall–Kier alpha value is -2.82. The van der Waals surface area contributed by atoms with E-state index in [-0.39, 0.29) is 22.0 Å². The lowest BCUT2D eigenvalue weighted by molar-refractivity contribution is 0.102. The molecular formula is C20H22N4O4S2. The molecule has 0 bridgehead atoms. The Morgan fingerprint density at radius 3 is 2.50 bits per heavy atom. The summed E-state index contributed by atoms with van der Waals surface area (Å²) in [6, 6.07) is 14.0. The minimum Gasteiger partial charge on any atom is -0.492 e. The highest BCUT2D eigenvalue weighted by Gasteiger charge is 2.23. The smallest absolute Gasteiger partial charge is 0.270 e. The van der Waals surface area contributed by atoms with Crippen LogP contribution in [0.3, 0.4) is 0 Å². The maximum Gasteiger partial charge on any atom is 0.270 e. The summed E-state index contributed by atoms with van der Waals surface area (Å²) >= 11 is 0.779. The molecule has 1 aromatic heterocycles. The Labute approximate surface area is 179 Å². The van der Waals surface area contributed by atoms with Crippen LogP contribution in [0.1, 0.15) is 28.4 Å². The fourth-order valence-corrected chi connectivity index (χ4v) is 4.66. The molecular weight excluding hydrogens is 424 g/mol. The van der Waals surface area contributed by atoms with Crippen LogP contribution in [-0.2, 0) is 10.0 Å². The minimum absolute atomic E-state index is 0.102. The molecule has 3 rings (SSSR count). The average molecular weight is 447 g/mol. The number of nitrogens with one attached hydrogen (secondary N) is 2. The topological polar surface area (TPSA) is 110 Å². The molecule has 0 radical (unpaired) electrons. The zero-order valence-electron chi connectivity index (χ0n) is 16.7. The van der Waals surface area contributed by atoms with Gasteiger partial charge in [-0.15, -0.1) is 10.2 Å². The molecule has 1 heterocycles. The molecule has 3 aromatic rings. The van der Waals surface area contributed by atoms with Crippen LogP contribution in [-0.4, -0.2) is 37.2 Å². The molecule has 1 atom stereocenters. The molecule has 0 aliphatic heterocycles. The molecule has 0 spiro atoms. The molecule has 2 aromatic carbocycles. The predicted octanol–water partition coefficient (Wildman–Crippen LogP) is 3.15. The van der Waals surface area contributed by atoms with Gasteiger partial charge in [0.05, 0.1) is 6.04 Å². The summed E-state index contributed by atoms with van der Waals surface area (Å²) in [5.41, 5.74) is 2.44. The highest BCUT2D eigenvalue weighted by atomic mass is 32.2. The Bertz CT molecular complexity index is 1130. The van der Waals surface area contributed by atoms with E-state index in [9.17, 15) is 13.2 Å². The fraction of sp³-hybridized carbons (Fsp3) is 0.250. The van der Waals surface area contributed by atoms with Gasteiger partial charge in [-0.2, -0.15) is 0 Å². The van der Waals surface area contributed by atoms with Gasteiger partial charge in [-0.05, 0) is 44.5 Å². The van der Waals surface area contributed by atoms with Crippen molar-refractivity contribution >= 4 is 32.4 Å². The number of para-hydroxylation sites is 1. The van der Waals surface area contributed by atoms with Gasteiger partial charge in [-0.25, -0.2) is 13.1 Å². The third-order valence-electron chi connectivity index (χ3n) is 4.11. The lowest BCUT2D eigenvalue weighted by Gasteiger charge is -2.15. The first-order valence-electron chi connectivity index (χ1n) is 9.17. The van der Waals surface area contributed by atoms with Gasteiger partial charge in [-0.3, -0.25) is 10.1 Å². The van der Waals surface area contributed by atoms with Crippen LogP contribution in [0.2, 0.25) is 0 Å². The van der Waals surface area contributed by atoms with Crippen molar-refractivity contribution in [1.82, 2.24) is 14.9 Å². The van der Waals surface area contributed by atoms with Crippen LogP contribution in [0.4, 0.5) is 5.13 Å². The maximum atomic E-state index is 12.6. The molecule has 0 aliphatic carbocycles. The molecule has 0 saturated heterocycles. The van der Waals surface area contributed by atoms with E-state index < -0.39 is 16.1 Å². The number of amides is 1. The quantitative estimate of drug-likeness (QED) is 0.514. The van der Waals surface area contributed by atoms with E-state index in [1.54, 1.807) is 19.1 Å². The summed E-state index contributed by atoms with van der Waals surface area (Å²) in [4.78, 5) is 12.3. The molecule has 0 aliphatic rings. The van der Waals surface area contributed by atoms with Gasteiger partial charge in [0, 0.05) is 5.56 Å². The molecule has 0 unspecified atom stereocenters. The number of sulfonamides is 1. The van der Waals surface area contributed by atoms with Crippen molar-refractivity contribution in [3.05, 3.63) is 65.2 Å². The number of carbonyl (C=O) groups is 1. The zero-order valence-corrected chi connectivity index (χ0v) is 18.4. The van der Waals surface area contributed by atoms with Gasteiger partial charge in [0.25, 0.3) is 15.9 Å². The van der Waals surface area contributed by atoms with Crippen molar-refractivity contribution in [3.63, 3.8) is 0 Å². The Kier molecular flexibility index (Phi) is 6.80. The number of ether oxygens (including phenoxy) is 1. The summed E-state index contributed by atoms with van der Waals surface area (Å²) in [7, 11) is -3.90. The first-order chi connectivity index (χ1) is 14.2. The number of carbonyl (C=O) groups excluding carboxylic acids is 1. The highest BCUT2D eigenvalue weighted by Crippen LogP contribution is 2.21. The molecule has 158 valence electrons. The highest BCUT2D eigenvalue weighted by molar-refractivity contribution is 7.91. The number of hydrogen-bond acceptors (Lipinski definition) is 7. The second kappa shape index (κ2) is 9.33. The molecule has 30 heavy (non-hydrogen) atoms. The number of hydrogen-bond donors (Lipinski definition) is 2. The van der Waals surface area contributed by atoms with Crippen LogP contribution >= 0.6 is 11.3 Å². The lowest BCUT2D eigenvalue weighted by Crippen LogP contribution is -2.36. The van der Waals surface area contributed by atoms with Crippen molar-refractivity contribution < 1.29 is 17.9 Å². The second-order valence-electron chi connectivity index (χ2n) is 6.79. The molecule has 8 nitrogen and oxygen atoms in total. The summed E-state index contributed by atoms with van der Waals surface area (Å²) in [6.45, 7) is 5.68. The minimum atomic E-state index is -3.90. The fourth-order valence-electron chi connectivity index (χ4n) is 2.53. The second-order valence-corrected chi connectivity index (χ2v) is 9.66. The number of benzene rings is 2. The zero-order chi connectivity index (χ0) is 21.7. The van der Waals surface area contributed by atoms with Crippen LogP contribution in [0, 0.1) is 13.8 Å². The van der Waals surface area contributed by atoms with Crippen LogP contribution in [0.15, 0.2) is 52.9 Å². The van der Waals surface area contributed by atoms with E-state index in [4.69, 9.17) is 4.74 Å². The number of aryl methyl sites for hydroxylation is 2. The van der Waals surface area contributed by atoms with Gasteiger partial charge < -0.3 is 4.74 Å². The predicted molar refractivity (Wildman–Crippen MR) is 115 cm³/mol. The standard InChI is InChI=1S/C20H22N4O4S2/c1-13-8-10-16(11-9-13)18(25)21-19-22-23-20(29-19)30(26,27)24-15(3)12-28-17-7-5-4-6-14(17)2/h4-11,15,24H,12H2,1-3H3,(H,21,22,25)/t15-/m1/s1. The Morgan fingerprint density at radius 1 is 1.10 bits per heavy atom. The molecule has 2 N–H and O–H groups in total. The lowest BCUT2D eigenvalue weighted by atomic mass is 10.1. The van der Waals surface area contributed by atoms with Gasteiger partial charge in [0.2, 0.25) is 9.47 Å². The van der Waals surface area contributed by atoms with Gasteiger partial charge in [-0.1, -0.05) is 47.2 Å². The monoisotopic (exact) mass is 446 g/mol. The first-order valence-corrected chi connectivity index (χ1v) is 11.5. The van der Waals surface area contributed by atoms with E-state index in [0.717, 1.165) is 22.5 Å². The maximum absolute atomic E-state index is 12.6. The number of nitrogens with zero attached hydrogens (tertiary/aromatic N) is 2. The Balaban J connectivity index is 1.59. The van der Waals surface area contributed by atoms with Crippen molar-refractivity contribution in [3.8, 4) is 5.75 Å². The molecule has 0 saturated carbocycles. The third kappa shape index (κ3) is 5.62. The van der Waals surface area contributed by atoms with Crippen molar-refractivity contribution in [1.29, 1.82) is 0 Å². The number of aromatic nitrogens is 2. The SMILES string of the molecule is Cc1ccc(C(=O)Nc2nnc(S(=O)(=O)N[C@H](C)COc3ccccc3C)s2)cc1. The summed E-state index contributed by atoms with van der Waals surface area (Å²) < 4.78 is 33.1. The van der Waals surface area contributed by atoms with E-state index >= 15 is 0 Å². The van der Waals surface area contributed by atoms with Crippen LogP contribution < -0.4 is 14.8 Å². The summed E-state index contributed by atoms with van der Waals surface area (Å²) in [6.07, 6.45) is 0. The normalized spacial score (nSPS) is 12.4. The van der Waals surface area contributed by atoms with Crippen molar-refractivity contribution in [2.24, 2.45) is 0 Å². The van der Waals surface area contributed by atoms with Gasteiger partial charge >= 0.3 is 0 Å². The Morgan fingerprint density at radius 2 is 1.80 bits per heavy atom. The van der Waals surface area contributed by atoms with Crippen molar-refractivity contribution in [2.75, 3.05) is 11.9 Å².